The van der Waals surface area contributed by atoms with E-state index in [0.717, 1.165) is 52.1 Å². The summed E-state index contributed by atoms with van der Waals surface area (Å²) in [6, 6.07) is 38.8. The van der Waals surface area contributed by atoms with E-state index < -0.39 is 11.6 Å². The van der Waals surface area contributed by atoms with Crippen molar-refractivity contribution in [2.45, 2.75) is 150 Å². The predicted molar refractivity (Wildman–Crippen MR) is 293 cm³/mol. The van der Waals surface area contributed by atoms with Crippen LogP contribution in [-0.2, 0) is 18.3 Å². The molecule has 69 heavy (non-hydrogen) atoms. The number of aryl methyl sites for hydroxylation is 4. The molecule has 8 aromatic rings. The van der Waals surface area contributed by atoms with Crippen LogP contribution < -0.4 is 0 Å². The van der Waals surface area contributed by atoms with E-state index in [1.807, 2.05) is 25.1 Å². The number of hydrogen-bond donors (Lipinski definition) is 0. The lowest BCUT2D eigenvalue weighted by atomic mass is 9.70. The molecule has 0 amide bonds. The lowest BCUT2D eigenvalue weighted by Gasteiger charge is -2.33. The molecule has 0 radical (unpaired) electrons. The molecule has 9 rings (SSSR count). The lowest BCUT2D eigenvalue weighted by molar-refractivity contribution is 0.398. The van der Waals surface area contributed by atoms with Crippen LogP contribution in [0.2, 0.25) is 0 Å². The van der Waals surface area contributed by atoms with Crippen LogP contribution in [0.1, 0.15) is 150 Å². The number of benzene rings is 5. The zero-order valence-electron chi connectivity index (χ0n) is 41.7. The summed E-state index contributed by atoms with van der Waals surface area (Å²) in [6.45, 7) is 13.1. The molecule has 0 saturated carbocycles. The molecule has 356 valence electrons. The van der Waals surface area contributed by atoms with Crippen LogP contribution in [0.25, 0.3) is 76.0 Å². The molecule has 0 N–H and O–H groups in total. The van der Waals surface area contributed by atoms with E-state index in [0.29, 0.717) is 32.2 Å². The molecule has 0 unspecified atom stereocenters. The molecule has 0 aliphatic heterocycles. The number of thiophene rings is 2. The van der Waals surface area contributed by atoms with Gasteiger partial charge in [-0.1, -0.05) is 189 Å². The third-order valence-electron chi connectivity index (χ3n) is 14.8. The Labute approximate surface area is 418 Å². The minimum atomic E-state index is -0.893. The van der Waals surface area contributed by atoms with E-state index in [4.69, 9.17) is 9.97 Å². The minimum Gasteiger partial charge on any atom is -0.243 e. The molecular weight excluding hydrogens is 887 g/mol. The third-order valence-corrected chi connectivity index (χ3v) is 17.0. The number of hydrogen-bond acceptors (Lipinski definition) is 4. The SMILES string of the molecule is CCCCCCCCC1(CCCCCCCC)c2cc(C)ccc2-c2ccc(-c3ccc(-c4c(F)c(F)c(-c5ccc(C)s5)c5nc(-c6ccc(CC)cc6)c(-c6ccc(CC)cc6)nc45)s3)cc21. The fourth-order valence-electron chi connectivity index (χ4n) is 10.9. The fraction of sp³-hybridized carbons (Fsp3) is 0.365. The Balaban J connectivity index is 1.19. The van der Waals surface area contributed by atoms with Gasteiger partial charge in [0.25, 0.3) is 0 Å². The van der Waals surface area contributed by atoms with Gasteiger partial charge in [-0.2, -0.15) is 0 Å². The monoisotopic (exact) mass is 954 g/mol. The van der Waals surface area contributed by atoms with Gasteiger partial charge in [0.15, 0.2) is 11.6 Å². The Morgan fingerprint density at radius 2 is 0.899 bits per heavy atom. The number of rotatable bonds is 21. The Kier molecular flexibility index (Phi) is 15.4. The Morgan fingerprint density at radius 3 is 1.41 bits per heavy atom. The third kappa shape index (κ3) is 9.91. The zero-order chi connectivity index (χ0) is 48.1. The van der Waals surface area contributed by atoms with E-state index in [-0.39, 0.29) is 16.5 Å². The average molecular weight is 955 g/mol. The van der Waals surface area contributed by atoms with E-state index in [2.05, 4.69) is 126 Å². The quantitative estimate of drug-likeness (QED) is 0.0671. The molecule has 1 aliphatic carbocycles. The van der Waals surface area contributed by atoms with Crippen molar-refractivity contribution in [2.24, 2.45) is 0 Å². The van der Waals surface area contributed by atoms with Crippen LogP contribution in [-0.4, -0.2) is 9.97 Å². The van der Waals surface area contributed by atoms with Gasteiger partial charge in [-0.25, -0.2) is 18.7 Å². The highest BCUT2D eigenvalue weighted by Crippen LogP contribution is 2.56. The van der Waals surface area contributed by atoms with Gasteiger partial charge in [0.1, 0.15) is 11.0 Å². The highest BCUT2D eigenvalue weighted by molar-refractivity contribution is 7.19. The first kappa shape index (κ1) is 48.7. The first-order valence-electron chi connectivity index (χ1n) is 26.0. The second-order valence-corrected chi connectivity index (χ2v) is 22.0. The molecule has 0 saturated heterocycles. The summed E-state index contributed by atoms with van der Waals surface area (Å²) in [5.41, 5.74) is 14.5. The number of aromatic nitrogens is 2. The molecule has 1 aliphatic rings. The summed E-state index contributed by atoms with van der Waals surface area (Å²) >= 11 is 2.96. The molecular formula is C63H68F2N2S2. The Bertz CT molecular complexity index is 3030. The minimum absolute atomic E-state index is 0.0698. The van der Waals surface area contributed by atoms with Crippen molar-refractivity contribution in [3.8, 4) is 65.0 Å². The van der Waals surface area contributed by atoms with Crippen LogP contribution in [0.3, 0.4) is 0 Å². The summed E-state index contributed by atoms with van der Waals surface area (Å²) in [4.78, 5) is 14.1. The number of nitrogens with zero attached hydrogens (tertiary/aromatic N) is 2. The number of unbranched alkanes of at least 4 members (excludes halogenated alkanes) is 10. The van der Waals surface area contributed by atoms with Crippen molar-refractivity contribution in [2.75, 3.05) is 0 Å². The standard InChI is InChI=1S/C63H68F2N2S2/c1-7-11-13-15-17-19-37-63(38-20-18-16-14-12-8-2)50-39-41(5)21-32-48(50)49-33-31-47(40-51(49)63)52-35-36-54(69-52)56-58(65)57(64)55(53-34-22-42(6)68-53)61-62(56)67-60(46-29-25-44(10-4)26-30-46)59(66-61)45-27-23-43(9-3)24-28-45/h21-36,39-40H,7-20,37-38H2,1-6H3. The van der Waals surface area contributed by atoms with Gasteiger partial charge in [-0.3, -0.25) is 0 Å². The summed E-state index contributed by atoms with van der Waals surface area (Å²) < 4.78 is 34.6. The second-order valence-electron chi connectivity index (χ2n) is 19.6. The summed E-state index contributed by atoms with van der Waals surface area (Å²) in [7, 11) is 0. The van der Waals surface area contributed by atoms with Gasteiger partial charge in [-0.05, 0) is 109 Å². The van der Waals surface area contributed by atoms with Gasteiger partial charge < -0.3 is 0 Å². The van der Waals surface area contributed by atoms with Crippen LogP contribution in [0.15, 0.2) is 109 Å². The maximum Gasteiger partial charge on any atom is 0.170 e. The molecule has 3 aromatic heterocycles. The summed E-state index contributed by atoms with van der Waals surface area (Å²) in [5.74, 6) is -1.79. The van der Waals surface area contributed by atoms with Crippen molar-refractivity contribution in [1.82, 2.24) is 9.97 Å². The van der Waals surface area contributed by atoms with E-state index in [9.17, 15) is 0 Å². The summed E-state index contributed by atoms with van der Waals surface area (Å²) in [5, 5.41) is 0. The zero-order valence-corrected chi connectivity index (χ0v) is 43.3. The lowest BCUT2D eigenvalue weighted by Crippen LogP contribution is -2.25. The molecule has 0 fully saturated rings. The van der Waals surface area contributed by atoms with Crippen molar-refractivity contribution < 1.29 is 8.78 Å². The normalized spacial score (nSPS) is 12.8. The van der Waals surface area contributed by atoms with Crippen molar-refractivity contribution in [3.05, 3.63) is 154 Å². The highest BCUT2D eigenvalue weighted by Gasteiger charge is 2.42. The van der Waals surface area contributed by atoms with E-state index >= 15 is 8.78 Å². The smallest absolute Gasteiger partial charge is 0.170 e. The molecule has 0 bridgehead atoms. The molecule has 6 heteroatoms. The molecule has 2 nitrogen and oxygen atoms in total. The largest absolute Gasteiger partial charge is 0.243 e. The summed E-state index contributed by atoms with van der Waals surface area (Å²) in [6.07, 6.45) is 19.3. The van der Waals surface area contributed by atoms with E-state index in [1.54, 1.807) is 0 Å². The highest BCUT2D eigenvalue weighted by atomic mass is 32.1. The topological polar surface area (TPSA) is 25.8 Å². The van der Waals surface area contributed by atoms with Gasteiger partial charge >= 0.3 is 0 Å². The Morgan fingerprint density at radius 1 is 0.449 bits per heavy atom. The average Bonchev–Trinajstić information content (AvgIpc) is 4.10. The van der Waals surface area contributed by atoms with Crippen LogP contribution in [0, 0.1) is 25.5 Å². The molecule has 5 aromatic carbocycles. The number of fused-ring (bicyclic) bond motifs is 4. The second kappa shape index (κ2) is 21.8. The maximum atomic E-state index is 17.4. The molecule has 0 atom stereocenters. The van der Waals surface area contributed by atoms with Gasteiger partial charge in [-0.15, -0.1) is 22.7 Å². The van der Waals surface area contributed by atoms with Crippen LogP contribution >= 0.6 is 22.7 Å². The fourth-order valence-corrected chi connectivity index (χ4v) is 12.8. The predicted octanol–water partition coefficient (Wildman–Crippen LogP) is 19.9. The van der Waals surface area contributed by atoms with Crippen LogP contribution in [0.5, 0.6) is 0 Å². The first-order chi connectivity index (χ1) is 33.7. The number of halogens is 2. The van der Waals surface area contributed by atoms with Gasteiger partial charge in [0, 0.05) is 36.1 Å². The van der Waals surface area contributed by atoms with Crippen molar-refractivity contribution in [3.63, 3.8) is 0 Å². The van der Waals surface area contributed by atoms with Crippen molar-refractivity contribution in [1.29, 1.82) is 0 Å². The molecule has 3 heterocycles. The molecule has 0 spiro atoms. The maximum absolute atomic E-state index is 17.4. The van der Waals surface area contributed by atoms with Gasteiger partial charge in [0.2, 0.25) is 0 Å². The van der Waals surface area contributed by atoms with Crippen LogP contribution in [0.4, 0.5) is 8.78 Å². The Hall–Kier alpha value is -5.30. The van der Waals surface area contributed by atoms with Gasteiger partial charge in [0.05, 0.1) is 22.5 Å². The van der Waals surface area contributed by atoms with E-state index in [1.165, 1.54) is 139 Å². The van der Waals surface area contributed by atoms with Crippen molar-refractivity contribution >= 4 is 33.7 Å². The first-order valence-corrected chi connectivity index (χ1v) is 27.7.